The minimum atomic E-state index is -0.395. The molecular formula is C10H15NO3. The van der Waals surface area contributed by atoms with Crippen LogP contribution in [-0.2, 0) is 4.74 Å². The number of rotatable bonds is 5. The third kappa shape index (κ3) is 3.62. The van der Waals surface area contributed by atoms with Gasteiger partial charge in [0.2, 0.25) is 5.76 Å². The number of carbonyl (C=O) groups is 1. The Bertz CT molecular complexity index is 267. The van der Waals surface area contributed by atoms with E-state index in [0.29, 0.717) is 6.61 Å². The van der Waals surface area contributed by atoms with Crippen LogP contribution in [0.25, 0.3) is 0 Å². The predicted octanol–water partition coefficient (Wildman–Crippen LogP) is 1.39. The van der Waals surface area contributed by atoms with Gasteiger partial charge in [-0.25, -0.2) is 4.79 Å². The fraction of sp³-hybridized carbons (Fsp3) is 0.500. The quantitative estimate of drug-likeness (QED) is 0.528. The zero-order chi connectivity index (χ0) is 10.4. The maximum atomic E-state index is 11.2. The van der Waals surface area contributed by atoms with E-state index < -0.39 is 5.97 Å². The van der Waals surface area contributed by atoms with Gasteiger partial charge in [0.05, 0.1) is 12.9 Å². The average Bonchev–Trinajstić information content (AvgIpc) is 2.64. The maximum Gasteiger partial charge on any atom is 0.374 e. The summed E-state index contributed by atoms with van der Waals surface area (Å²) in [6.07, 6.45) is 2.29. The van der Waals surface area contributed by atoms with Gasteiger partial charge in [-0.15, -0.1) is 0 Å². The zero-order valence-corrected chi connectivity index (χ0v) is 8.53. The Morgan fingerprint density at radius 1 is 1.57 bits per heavy atom. The summed E-state index contributed by atoms with van der Waals surface area (Å²) in [6.45, 7) is 1.34. The van der Waals surface area contributed by atoms with E-state index in [-0.39, 0.29) is 5.76 Å². The molecule has 4 nitrogen and oxygen atoms in total. The highest BCUT2D eigenvalue weighted by Gasteiger charge is 2.08. The number of furan rings is 1. The number of carbonyl (C=O) groups excluding carboxylic acids is 1. The third-order valence-corrected chi connectivity index (χ3v) is 1.71. The SMILES string of the molecule is CN(C)CCCOC(=O)c1ccco1. The second kappa shape index (κ2) is 5.44. The molecule has 14 heavy (non-hydrogen) atoms. The van der Waals surface area contributed by atoms with Crippen LogP contribution in [0.4, 0.5) is 0 Å². The summed E-state index contributed by atoms with van der Waals surface area (Å²) in [6, 6.07) is 3.25. The second-order valence-corrected chi connectivity index (χ2v) is 3.27. The van der Waals surface area contributed by atoms with Crippen molar-refractivity contribution in [3.63, 3.8) is 0 Å². The molecule has 0 N–H and O–H groups in total. The molecule has 0 radical (unpaired) electrons. The first-order chi connectivity index (χ1) is 6.70. The van der Waals surface area contributed by atoms with Crippen LogP contribution >= 0.6 is 0 Å². The first-order valence-electron chi connectivity index (χ1n) is 4.55. The first-order valence-corrected chi connectivity index (χ1v) is 4.55. The van der Waals surface area contributed by atoms with Crippen LogP contribution in [0, 0.1) is 0 Å². The molecule has 1 rings (SSSR count). The lowest BCUT2D eigenvalue weighted by Crippen LogP contribution is -2.16. The Balaban J connectivity index is 2.16. The Kier molecular flexibility index (Phi) is 4.19. The van der Waals surface area contributed by atoms with E-state index in [1.165, 1.54) is 6.26 Å². The van der Waals surface area contributed by atoms with Gasteiger partial charge in [-0.2, -0.15) is 0 Å². The summed E-state index contributed by atoms with van der Waals surface area (Å²) in [4.78, 5) is 13.3. The van der Waals surface area contributed by atoms with Crippen LogP contribution in [0.5, 0.6) is 0 Å². The van der Waals surface area contributed by atoms with Crippen molar-refractivity contribution in [3.8, 4) is 0 Å². The predicted molar refractivity (Wildman–Crippen MR) is 52.2 cm³/mol. The van der Waals surface area contributed by atoms with E-state index in [1.807, 2.05) is 19.0 Å². The standard InChI is InChI=1S/C10H15NO3/c1-11(2)6-4-8-14-10(12)9-5-3-7-13-9/h3,5,7H,4,6,8H2,1-2H3. The molecule has 0 atom stereocenters. The van der Waals surface area contributed by atoms with Gasteiger partial charge in [-0.1, -0.05) is 0 Å². The highest BCUT2D eigenvalue weighted by Crippen LogP contribution is 2.02. The van der Waals surface area contributed by atoms with Crippen molar-refractivity contribution in [1.82, 2.24) is 4.90 Å². The zero-order valence-electron chi connectivity index (χ0n) is 8.53. The van der Waals surface area contributed by atoms with Crippen LogP contribution in [0.2, 0.25) is 0 Å². The number of esters is 1. The molecule has 1 aromatic heterocycles. The van der Waals surface area contributed by atoms with Gasteiger partial charge in [0.25, 0.3) is 0 Å². The molecule has 0 aliphatic heterocycles. The van der Waals surface area contributed by atoms with Gasteiger partial charge in [0.1, 0.15) is 0 Å². The molecule has 1 heterocycles. The summed E-state index contributed by atoms with van der Waals surface area (Å²) >= 11 is 0. The maximum absolute atomic E-state index is 11.2. The van der Waals surface area contributed by atoms with Gasteiger partial charge >= 0.3 is 5.97 Å². The van der Waals surface area contributed by atoms with Crippen molar-refractivity contribution in [2.24, 2.45) is 0 Å². The minimum absolute atomic E-state index is 0.259. The van der Waals surface area contributed by atoms with E-state index in [1.54, 1.807) is 12.1 Å². The molecule has 1 aromatic rings. The highest BCUT2D eigenvalue weighted by atomic mass is 16.5. The Labute approximate surface area is 83.5 Å². The van der Waals surface area contributed by atoms with E-state index >= 15 is 0 Å². The van der Waals surface area contributed by atoms with E-state index in [0.717, 1.165) is 13.0 Å². The summed E-state index contributed by atoms with van der Waals surface area (Å²) in [5.41, 5.74) is 0. The molecule has 4 heteroatoms. The summed E-state index contributed by atoms with van der Waals surface area (Å²) in [7, 11) is 3.96. The molecule has 0 saturated carbocycles. The summed E-state index contributed by atoms with van der Waals surface area (Å²) in [5, 5.41) is 0. The normalized spacial score (nSPS) is 10.5. The van der Waals surface area contributed by atoms with Gasteiger partial charge in [-0.05, 0) is 32.6 Å². The lowest BCUT2D eigenvalue weighted by Gasteiger charge is -2.08. The molecule has 0 amide bonds. The lowest BCUT2D eigenvalue weighted by molar-refractivity contribution is 0.0457. The van der Waals surface area contributed by atoms with Crippen molar-refractivity contribution < 1.29 is 13.9 Å². The van der Waals surface area contributed by atoms with Gasteiger partial charge < -0.3 is 14.1 Å². The molecule has 0 bridgehead atoms. The fourth-order valence-electron chi connectivity index (χ4n) is 1.01. The Morgan fingerprint density at radius 3 is 2.93 bits per heavy atom. The third-order valence-electron chi connectivity index (χ3n) is 1.71. The van der Waals surface area contributed by atoms with E-state index in [4.69, 9.17) is 9.15 Å². The van der Waals surface area contributed by atoms with E-state index in [9.17, 15) is 4.79 Å². The molecule has 0 aliphatic rings. The largest absolute Gasteiger partial charge is 0.460 e. The molecule has 78 valence electrons. The van der Waals surface area contributed by atoms with E-state index in [2.05, 4.69) is 0 Å². The second-order valence-electron chi connectivity index (χ2n) is 3.27. The Morgan fingerprint density at radius 2 is 2.36 bits per heavy atom. The van der Waals surface area contributed by atoms with Crippen LogP contribution in [0.15, 0.2) is 22.8 Å². The fourth-order valence-corrected chi connectivity index (χ4v) is 1.01. The molecule has 0 aliphatic carbocycles. The monoisotopic (exact) mass is 197 g/mol. The van der Waals surface area contributed by atoms with Crippen LogP contribution < -0.4 is 0 Å². The lowest BCUT2D eigenvalue weighted by atomic mass is 10.4. The molecule has 0 aromatic carbocycles. The summed E-state index contributed by atoms with van der Waals surface area (Å²) in [5.74, 6) is -0.136. The molecular weight excluding hydrogens is 182 g/mol. The number of hydrogen-bond acceptors (Lipinski definition) is 4. The van der Waals surface area contributed by atoms with Crippen LogP contribution in [0.1, 0.15) is 17.0 Å². The molecule has 0 spiro atoms. The van der Waals surface area contributed by atoms with Gasteiger partial charge in [0, 0.05) is 6.54 Å². The molecule has 0 fully saturated rings. The minimum Gasteiger partial charge on any atom is -0.460 e. The van der Waals surface area contributed by atoms with Crippen molar-refractivity contribution in [2.45, 2.75) is 6.42 Å². The van der Waals surface area contributed by atoms with Gasteiger partial charge in [-0.3, -0.25) is 0 Å². The topological polar surface area (TPSA) is 42.7 Å². The summed E-state index contributed by atoms with van der Waals surface area (Å²) < 4.78 is 9.87. The number of hydrogen-bond donors (Lipinski definition) is 0. The number of nitrogens with zero attached hydrogens (tertiary/aromatic N) is 1. The van der Waals surface area contributed by atoms with Crippen molar-refractivity contribution in [1.29, 1.82) is 0 Å². The van der Waals surface area contributed by atoms with Gasteiger partial charge in [0.15, 0.2) is 0 Å². The van der Waals surface area contributed by atoms with Crippen molar-refractivity contribution >= 4 is 5.97 Å². The number of ether oxygens (including phenoxy) is 1. The van der Waals surface area contributed by atoms with Crippen molar-refractivity contribution in [3.05, 3.63) is 24.2 Å². The van der Waals surface area contributed by atoms with Crippen LogP contribution in [-0.4, -0.2) is 38.1 Å². The molecule has 0 unspecified atom stereocenters. The molecule has 0 saturated heterocycles. The average molecular weight is 197 g/mol. The first kappa shape index (κ1) is 10.8. The van der Waals surface area contributed by atoms with Crippen LogP contribution in [0.3, 0.4) is 0 Å². The highest BCUT2D eigenvalue weighted by molar-refractivity contribution is 5.86. The Hall–Kier alpha value is -1.29. The smallest absolute Gasteiger partial charge is 0.374 e. The van der Waals surface area contributed by atoms with Crippen molar-refractivity contribution in [2.75, 3.05) is 27.2 Å².